The molecule has 1 aliphatic rings. The lowest BCUT2D eigenvalue weighted by Crippen LogP contribution is -2.50. The number of nitrogens with two attached hydrogens (primary N) is 1. The number of piperazine rings is 1. The molecule has 0 aliphatic carbocycles. The second-order valence-corrected chi connectivity index (χ2v) is 6.77. The molecular weight excluding hydrogens is 402 g/mol. The Labute approximate surface area is 179 Å². The van der Waals surface area contributed by atoms with E-state index in [-0.39, 0.29) is 22.9 Å². The fraction of sp³-hybridized carbons (Fsp3) is 0.333. The van der Waals surface area contributed by atoms with Crippen molar-refractivity contribution in [3.63, 3.8) is 0 Å². The van der Waals surface area contributed by atoms with E-state index in [0.717, 1.165) is 0 Å². The molecule has 10 heteroatoms. The van der Waals surface area contributed by atoms with Gasteiger partial charge in [-0.15, -0.1) is 0 Å². The van der Waals surface area contributed by atoms with E-state index in [9.17, 15) is 19.6 Å². The minimum atomic E-state index is -0.718. The van der Waals surface area contributed by atoms with Crippen LogP contribution in [0, 0.1) is 11.3 Å². The van der Waals surface area contributed by atoms with Gasteiger partial charge in [-0.25, -0.2) is 9.59 Å². The number of methoxy groups -OCH3 is 1. The number of ether oxygens (including phenoxy) is 2. The van der Waals surface area contributed by atoms with E-state index in [4.69, 9.17) is 15.2 Å². The largest absolute Gasteiger partial charge is 0.464 e. The Kier molecular flexibility index (Phi) is 6.45. The first-order valence-electron chi connectivity index (χ1n) is 9.72. The minimum Gasteiger partial charge on any atom is -0.464 e. The van der Waals surface area contributed by atoms with E-state index < -0.39 is 12.1 Å². The summed E-state index contributed by atoms with van der Waals surface area (Å²) >= 11 is 0. The molecule has 2 amide bonds. The molecule has 1 aromatic carbocycles. The Bertz CT molecular complexity index is 1050. The second-order valence-electron chi connectivity index (χ2n) is 6.77. The highest BCUT2D eigenvalue weighted by molar-refractivity contribution is 6.00. The van der Waals surface area contributed by atoms with Crippen molar-refractivity contribution < 1.29 is 23.9 Å². The van der Waals surface area contributed by atoms with Crippen LogP contribution in [0.4, 0.5) is 10.5 Å². The molecule has 0 unspecified atom stereocenters. The van der Waals surface area contributed by atoms with Crippen molar-refractivity contribution in [1.82, 2.24) is 14.4 Å². The molecule has 1 aliphatic heterocycles. The zero-order valence-electron chi connectivity index (χ0n) is 17.3. The van der Waals surface area contributed by atoms with Gasteiger partial charge in [-0.1, -0.05) is 12.1 Å². The molecule has 1 saturated heterocycles. The van der Waals surface area contributed by atoms with Crippen LogP contribution in [0.3, 0.4) is 0 Å². The number of nitrogen functional groups attached to an aromatic ring is 1. The number of anilines is 1. The van der Waals surface area contributed by atoms with Crippen molar-refractivity contribution >= 4 is 23.7 Å². The smallest absolute Gasteiger partial charge is 0.409 e. The van der Waals surface area contributed by atoms with Crippen LogP contribution in [0.15, 0.2) is 30.5 Å². The molecule has 31 heavy (non-hydrogen) atoms. The van der Waals surface area contributed by atoms with Crippen LogP contribution in [0.25, 0.3) is 5.69 Å². The van der Waals surface area contributed by atoms with Crippen LogP contribution in [0.5, 0.6) is 0 Å². The van der Waals surface area contributed by atoms with Crippen molar-refractivity contribution in [2.45, 2.75) is 6.92 Å². The van der Waals surface area contributed by atoms with Crippen LogP contribution >= 0.6 is 0 Å². The molecule has 2 aromatic rings. The normalized spacial score (nSPS) is 13.5. The van der Waals surface area contributed by atoms with Crippen molar-refractivity contribution in [2.75, 3.05) is 45.6 Å². The van der Waals surface area contributed by atoms with Gasteiger partial charge >= 0.3 is 12.1 Å². The molecule has 3 rings (SSSR count). The molecule has 0 spiro atoms. The summed E-state index contributed by atoms with van der Waals surface area (Å²) in [7, 11) is 1.21. The van der Waals surface area contributed by atoms with Gasteiger partial charge in [0.05, 0.1) is 36.2 Å². The Hall–Kier alpha value is -4.00. The number of carbonyl (C=O) groups is 3. The quantitative estimate of drug-likeness (QED) is 0.737. The Morgan fingerprint density at radius 3 is 2.39 bits per heavy atom. The summed E-state index contributed by atoms with van der Waals surface area (Å²) in [5, 5.41) is 9.33. The number of aromatic nitrogens is 1. The Morgan fingerprint density at radius 2 is 1.77 bits per heavy atom. The lowest BCUT2D eigenvalue weighted by molar-refractivity contribution is 0.0568. The van der Waals surface area contributed by atoms with Gasteiger partial charge in [-0.05, 0) is 19.1 Å². The third-order valence-electron chi connectivity index (χ3n) is 5.03. The second kappa shape index (κ2) is 9.21. The molecule has 2 heterocycles. The lowest BCUT2D eigenvalue weighted by Gasteiger charge is -2.34. The van der Waals surface area contributed by atoms with E-state index in [1.165, 1.54) is 17.9 Å². The van der Waals surface area contributed by atoms with Gasteiger partial charge in [0.15, 0.2) is 5.69 Å². The van der Waals surface area contributed by atoms with Crippen LogP contribution in [0.1, 0.15) is 33.3 Å². The van der Waals surface area contributed by atoms with Crippen molar-refractivity contribution in [3.8, 4) is 11.8 Å². The van der Waals surface area contributed by atoms with Crippen molar-refractivity contribution in [2.24, 2.45) is 0 Å². The number of hydrogen-bond donors (Lipinski definition) is 1. The lowest BCUT2D eigenvalue weighted by atomic mass is 10.1. The molecule has 162 valence electrons. The molecule has 0 atom stereocenters. The Balaban J connectivity index is 1.92. The molecule has 10 nitrogen and oxygen atoms in total. The van der Waals surface area contributed by atoms with E-state index >= 15 is 0 Å². The third-order valence-corrected chi connectivity index (χ3v) is 5.03. The SMILES string of the molecule is CCOC(=O)N1CCN(C(=O)c2ccccc2-n2cc(C#N)c(N)c2C(=O)OC)CC1. The maximum Gasteiger partial charge on any atom is 0.409 e. The number of carbonyl (C=O) groups excluding carboxylic acids is 3. The van der Waals surface area contributed by atoms with Gasteiger partial charge in [0, 0.05) is 32.4 Å². The predicted molar refractivity (Wildman–Crippen MR) is 111 cm³/mol. The van der Waals surface area contributed by atoms with Crippen LogP contribution in [-0.2, 0) is 9.47 Å². The summed E-state index contributed by atoms with van der Waals surface area (Å²) in [6.07, 6.45) is 1.01. The number of amides is 2. The minimum absolute atomic E-state index is 0.0142. The highest BCUT2D eigenvalue weighted by Crippen LogP contribution is 2.27. The summed E-state index contributed by atoms with van der Waals surface area (Å²) in [5.41, 5.74) is 6.77. The number of nitrogens with zero attached hydrogens (tertiary/aromatic N) is 4. The summed E-state index contributed by atoms with van der Waals surface area (Å²) in [4.78, 5) is 40.7. The van der Waals surface area contributed by atoms with Gasteiger partial charge in [-0.3, -0.25) is 4.79 Å². The number of esters is 1. The van der Waals surface area contributed by atoms with Crippen molar-refractivity contribution in [3.05, 3.63) is 47.3 Å². The maximum atomic E-state index is 13.3. The molecule has 2 N–H and O–H groups in total. The Morgan fingerprint density at radius 1 is 1.13 bits per heavy atom. The zero-order valence-corrected chi connectivity index (χ0v) is 17.3. The average Bonchev–Trinajstić information content (AvgIpc) is 3.14. The number of benzene rings is 1. The number of para-hydroxylation sites is 1. The van der Waals surface area contributed by atoms with Crippen molar-refractivity contribution in [1.29, 1.82) is 5.26 Å². The van der Waals surface area contributed by atoms with Gasteiger partial charge in [0.1, 0.15) is 6.07 Å². The van der Waals surface area contributed by atoms with Gasteiger partial charge in [0.25, 0.3) is 5.91 Å². The summed E-state index contributed by atoms with van der Waals surface area (Å²) in [6.45, 7) is 3.42. The number of hydrogen-bond acceptors (Lipinski definition) is 7. The van der Waals surface area contributed by atoms with Gasteiger partial charge in [-0.2, -0.15) is 5.26 Å². The van der Waals surface area contributed by atoms with Crippen LogP contribution < -0.4 is 5.73 Å². The van der Waals surface area contributed by atoms with E-state index in [1.807, 2.05) is 6.07 Å². The third kappa shape index (κ3) is 4.16. The maximum absolute atomic E-state index is 13.3. The fourth-order valence-corrected chi connectivity index (χ4v) is 3.45. The monoisotopic (exact) mass is 425 g/mol. The molecular formula is C21H23N5O5. The predicted octanol–water partition coefficient (Wildman–Crippen LogP) is 1.63. The van der Waals surface area contributed by atoms with E-state index in [0.29, 0.717) is 44.0 Å². The number of nitriles is 1. The zero-order chi connectivity index (χ0) is 22.5. The van der Waals surface area contributed by atoms with Gasteiger partial charge < -0.3 is 29.6 Å². The summed E-state index contributed by atoms with van der Waals surface area (Å²) in [6, 6.07) is 8.67. The highest BCUT2D eigenvalue weighted by Gasteiger charge is 2.29. The highest BCUT2D eigenvalue weighted by atomic mass is 16.6. The van der Waals surface area contributed by atoms with Crippen LogP contribution in [0.2, 0.25) is 0 Å². The topological polar surface area (TPSA) is 131 Å². The summed E-state index contributed by atoms with van der Waals surface area (Å²) < 4.78 is 11.2. The molecule has 0 radical (unpaired) electrons. The molecule has 0 saturated carbocycles. The molecule has 1 fully saturated rings. The van der Waals surface area contributed by atoms with Crippen LogP contribution in [-0.4, -0.2) is 72.2 Å². The van der Waals surface area contributed by atoms with E-state index in [1.54, 1.807) is 41.0 Å². The van der Waals surface area contributed by atoms with Gasteiger partial charge in [0.2, 0.25) is 0 Å². The first-order valence-corrected chi connectivity index (χ1v) is 9.72. The van der Waals surface area contributed by atoms with E-state index in [2.05, 4.69) is 0 Å². The first-order chi connectivity index (χ1) is 14.9. The average molecular weight is 425 g/mol. The summed E-state index contributed by atoms with van der Waals surface area (Å²) in [5.74, 6) is -0.981. The fourth-order valence-electron chi connectivity index (χ4n) is 3.45. The standard InChI is InChI=1S/C21H23N5O5/c1-3-31-21(29)25-10-8-24(9-11-25)19(27)15-6-4-5-7-16(15)26-13-14(12-22)17(23)18(26)20(28)30-2/h4-7,13H,3,8-11,23H2,1-2H3. The first kappa shape index (κ1) is 21.7. The molecule has 0 bridgehead atoms. The number of rotatable bonds is 4. The molecule has 1 aromatic heterocycles.